The zero-order valence-electron chi connectivity index (χ0n) is 19.1. The molecular formula is C24H22F5N3O4. The van der Waals surface area contributed by atoms with Gasteiger partial charge in [0, 0.05) is 5.57 Å². The lowest BCUT2D eigenvalue weighted by Crippen LogP contribution is -2.17. The maximum atomic E-state index is 14.5. The fourth-order valence-corrected chi connectivity index (χ4v) is 3.27. The number of allylic oxidation sites excluding steroid dienone is 3. The Morgan fingerprint density at radius 3 is 2.39 bits per heavy atom. The maximum Gasteiger partial charge on any atom is 0.416 e. The topological polar surface area (TPSA) is 111 Å². The summed E-state index contributed by atoms with van der Waals surface area (Å²) in [4.78, 5) is 21.8. The monoisotopic (exact) mass is 511 g/mol. The summed E-state index contributed by atoms with van der Waals surface area (Å²) in [5, 5.41) is 25.4. The number of nitrogens with zero attached hydrogens (tertiary/aromatic N) is 1. The summed E-state index contributed by atoms with van der Waals surface area (Å²) in [7, 11) is 0. The van der Waals surface area contributed by atoms with Crippen molar-refractivity contribution in [3.63, 3.8) is 0 Å². The number of halogens is 5. The summed E-state index contributed by atoms with van der Waals surface area (Å²) in [6, 6.07) is 4.52. The van der Waals surface area contributed by atoms with Crippen LogP contribution in [-0.4, -0.2) is 34.8 Å². The first-order chi connectivity index (χ1) is 16.9. The highest BCUT2D eigenvalue weighted by Crippen LogP contribution is 2.34. The largest absolute Gasteiger partial charge is 0.510 e. The number of carboxylic acids is 1. The number of hydrazone groups is 1. The SMILES string of the molecule is C/C=C\C(=C(\O)CN/N=C(\C)c1c(F)cc(C(F)(F)F)cc1NC=O)c1ccc(F)c(CC(=O)O)c1. The quantitative estimate of drug-likeness (QED) is 0.0893. The molecule has 0 aliphatic rings. The summed E-state index contributed by atoms with van der Waals surface area (Å²) in [5.74, 6) is -3.53. The summed E-state index contributed by atoms with van der Waals surface area (Å²) in [6.45, 7) is 2.60. The number of carbonyl (C=O) groups is 2. The number of alkyl halides is 3. The number of hydrogen-bond acceptors (Lipinski definition) is 5. The fraction of sp³-hybridized carbons (Fsp3) is 0.208. The summed E-state index contributed by atoms with van der Waals surface area (Å²) < 4.78 is 67.4. The average Bonchev–Trinajstić information content (AvgIpc) is 2.78. The van der Waals surface area contributed by atoms with E-state index in [1.807, 2.05) is 5.32 Å². The molecule has 2 aromatic rings. The molecule has 0 bridgehead atoms. The van der Waals surface area contributed by atoms with E-state index in [9.17, 15) is 36.6 Å². The van der Waals surface area contributed by atoms with Gasteiger partial charge in [-0.05, 0) is 49.2 Å². The normalized spacial score (nSPS) is 12.9. The van der Waals surface area contributed by atoms with Crippen molar-refractivity contribution in [1.82, 2.24) is 5.43 Å². The predicted molar refractivity (Wildman–Crippen MR) is 123 cm³/mol. The van der Waals surface area contributed by atoms with Gasteiger partial charge in [-0.2, -0.15) is 18.3 Å². The minimum absolute atomic E-state index is 0.0930. The Kier molecular flexibility index (Phi) is 9.31. The minimum Gasteiger partial charge on any atom is -0.510 e. The van der Waals surface area contributed by atoms with E-state index in [1.54, 1.807) is 13.0 Å². The van der Waals surface area contributed by atoms with Gasteiger partial charge in [-0.1, -0.05) is 18.2 Å². The molecule has 0 aliphatic carbocycles. The van der Waals surface area contributed by atoms with E-state index in [-0.39, 0.29) is 41.6 Å². The van der Waals surface area contributed by atoms with E-state index in [0.29, 0.717) is 11.6 Å². The minimum atomic E-state index is -4.84. The zero-order chi connectivity index (χ0) is 27.0. The number of anilines is 1. The van der Waals surface area contributed by atoms with E-state index in [0.717, 1.165) is 6.07 Å². The van der Waals surface area contributed by atoms with E-state index in [4.69, 9.17) is 5.11 Å². The molecule has 0 fully saturated rings. The van der Waals surface area contributed by atoms with Crippen molar-refractivity contribution in [3.05, 3.63) is 82.1 Å². The Bertz CT molecular complexity index is 1240. The highest BCUT2D eigenvalue weighted by atomic mass is 19.4. The lowest BCUT2D eigenvalue weighted by Gasteiger charge is -2.14. The molecule has 2 aromatic carbocycles. The van der Waals surface area contributed by atoms with Crippen molar-refractivity contribution in [3.8, 4) is 0 Å². The van der Waals surface area contributed by atoms with Crippen LogP contribution in [0.1, 0.15) is 36.1 Å². The lowest BCUT2D eigenvalue weighted by molar-refractivity contribution is -0.138. The molecule has 2 rings (SSSR count). The van der Waals surface area contributed by atoms with Gasteiger partial charge in [0.2, 0.25) is 6.41 Å². The number of hydrogen-bond donors (Lipinski definition) is 4. The van der Waals surface area contributed by atoms with Crippen molar-refractivity contribution in [2.75, 3.05) is 11.9 Å². The smallest absolute Gasteiger partial charge is 0.416 e. The Labute approximate surface area is 202 Å². The Hall–Kier alpha value is -4.22. The van der Waals surface area contributed by atoms with Gasteiger partial charge >= 0.3 is 12.1 Å². The van der Waals surface area contributed by atoms with Gasteiger partial charge in [0.15, 0.2) is 0 Å². The molecule has 0 saturated carbocycles. The van der Waals surface area contributed by atoms with Gasteiger partial charge < -0.3 is 21.0 Å². The molecule has 1 amide bonds. The van der Waals surface area contributed by atoms with Crippen molar-refractivity contribution < 1.29 is 41.8 Å². The number of amides is 1. The average molecular weight is 511 g/mol. The molecule has 4 N–H and O–H groups in total. The van der Waals surface area contributed by atoms with Crippen LogP contribution in [0.4, 0.5) is 27.6 Å². The van der Waals surface area contributed by atoms with Crippen LogP contribution in [0.2, 0.25) is 0 Å². The summed E-state index contributed by atoms with van der Waals surface area (Å²) in [6.07, 6.45) is -2.24. The molecule has 0 radical (unpaired) electrons. The van der Waals surface area contributed by atoms with Gasteiger partial charge in [-0.15, -0.1) is 0 Å². The molecule has 12 heteroatoms. The molecule has 0 aromatic heterocycles. The van der Waals surface area contributed by atoms with Crippen LogP contribution in [0.3, 0.4) is 0 Å². The maximum absolute atomic E-state index is 14.5. The third-order valence-corrected chi connectivity index (χ3v) is 4.83. The van der Waals surface area contributed by atoms with Gasteiger partial charge in [-0.3, -0.25) is 9.59 Å². The first-order valence-corrected chi connectivity index (χ1v) is 10.3. The Morgan fingerprint density at radius 1 is 1.11 bits per heavy atom. The molecule has 0 spiro atoms. The van der Waals surface area contributed by atoms with E-state index < -0.39 is 47.0 Å². The van der Waals surface area contributed by atoms with Crippen LogP contribution < -0.4 is 10.7 Å². The molecule has 36 heavy (non-hydrogen) atoms. The highest BCUT2D eigenvalue weighted by molar-refractivity contribution is 6.05. The van der Waals surface area contributed by atoms with Crippen LogP contribution in [0, 0.1) is 11.6 Å². The lowest BCUT2D eigenvalue weighted by atomic mass is 9.99. The number of benzene rings is 2. The number of aliphatic hydroxyl groups excluding tert-OH is 1. The zero-order valence-corrected chi connectivity index (χ0v) is 19.1. The van der Waals surface area contributed by atoms with Crippen LogP contribution in [0.25, 0.3) is 5.57 Å². The molecule has 0 saturated heterocycles. The second kappa shape index (κ2) is 12.0. The van der Waals surface area contributed by atoms with Crippen LogP contribution in [-0.2, 0) is 22.2 Å². The van der Waals surface area contributed by atoms with Crippen LogP contribution in [0.15, 0.2) is 53.3 Å². The number of aliphatic hydroxyl groups is 1. The van der Waals surface area contributed by atoms with E-state index in [2.05, 4.69) is 10.5 Å². The number of nitrogens with one attached hydrogen (secondary N) is 2. The van der Waals surface area contributed by atoms with Crippen molar-refractivity contribution >= 4 is 29.4 Å². The molecule has 0 atom stereocenters. The Balaban J connectivity index is 2.37. The van der Waals surface area contributed by atoms with Gasteiger partial charge in [0.05, 0.1) is 35.5 Å². The van der Waals surface area contributed by atoms with Gasteiger partial charge in [-0.25, -0.2) is 8.78 Å². The molecule has 7 nitrogen and oxygen atoms in total. The second-order valence-electron chi connectivity index (χ2n) is 7.41. The number of aliphatic carboxylic acids is 1. The number of carbonyl (C=O) groups excluding carboxylic acids is 1. The molecule has 192 valence electrons. The van der Waals surface area contributed by atoms with E-state index in [1.165, 1.54) is 25.1 Å². The molecule has 0 unspecified atom stereocenters. The first kappa shape index (κ1) is 28.0. The van der Waals surface area contributed by atoms with Crippen molar-refractivity contribution in [1.29, 1.82) is 0 Å². The van der Waals surface area contributed by atoms with Crippen LogP contribution >= 0.6 is 0 Å². The summed E-state index contributed by atoms with van der Waals surface area (Å²) >= 11 is 0. The number of rotatable bonds is 10. The Morgan fingerprint density at radius 2 is 1.81 bits per heavy atom. The third kappa shape index (κ3) is 7.14. The third-order valence-electron chi connectivity index (χ3n) is 4.83. The first-order valence-electron chi connectivity index (χ1n) is 10.3. The van der Waals surface area contributed by atoms with Gasteiger partial charge in [0.25, 0.3) is 0 Å². The van der Waals surface area contributed by atoms with Crippen LogP contribution in [0.5, 0.6) is 0 Å². The van der Waals surface area contributed by atoms with Crippen molar-refractivity contribution in [2.24, 2.45) is 5.10 Å². The van der Waals surface area contributed by atoms with Crippen molar-refractivity contribution in [2.45, 2.75) is 26.4 Å². The summed E-state index contributed by atoms with van der Waals surface area (Å²) in [5.41, 5.74) is 0.633. The fourth-order valence-electron chi connectivity index (χ4n) is 3.27. The predicted octanol–water partition coefficient (Wildman–Crippen LogP) is 5.04. The molecule has 0 aliphatic heterocycles. The van der Waals surface area contributed by atoms with Gasteiger partial charge in [0.1, 0.15) is 17.4 Å². The van der Waals surface area contributed by atoms with E-state index >= 15 is 0 Å². The highest BCUT2D eigenvalue weighted by Gasteiger charge is 2.32. The standard InChI is InChI=1S/C24H22F5N3O4/c1-3-4-17(14-5-6-18(25)15(7-14)8-22(35)36)21(34)11-31-32-13(2)23-19(26)9-16(24(27,28)29)10-20(23)30-12-33/h3-7,9-10,12,31,34H,8,11H2,1-2H3,(H,30,33)(H,35,36)/b4-3-,21-17-,32-13+. The number of carboxylic acid groups (broad SMARTS) is 1. The molecule has 0 heterocycles. The second-order valence-corrected chi connectivity index (χ2v) is 7.41. The molecular weight excluding hydrogens is 489 g/mol.